The van der Waals surface area contributed by atoms with Crippen molar-refractivity contribution in [3.8, 4) is 5.75 Å². The Morgan fingerprint density at radius 1 is 1.32 bits per heavy atom. The van der Waals surface area contributed by atoms with Crippen molar-refractivity contribution in [2.24, 2.45) is 0 Å². The first-order valence-electron chi connectivity index (χ1n) is 5.52. The van der Waals surface area contributed by atoms with Gasteiger partial charge in [0.05, 0.1) is 23.7 Å². The summed E-state index contributed by atoms with van der Waals surface area (Å²) in [6, 6.07) is 5.42. The Labute approximate surface area is 113 Å². The van der Waals surface area contributed by atoms with Crippen LogP contribution in [0.5, 0.6) is 5.75 Å². The summed E-state index contributed by atoms with van der Waals surface area (Å²) in [5.74, 6) is 1.29. The fourth-order valence-electron chi connectivity index (χ4n) is 1.75. The lowest BCUT2D eigenvalue weighted by atomic mass is 10.3. The molecule has 0 aliphatic rings. The normalized spacial score (nSPS) is 10.6. The molecule has 19 heavy (non-hydrogen) atoms. The van der Waals surface area contributed by atoms with Crippen molar-refractivity contribution in [2.45, 2.75) is 0 Å². The number of ether oxygens (including phenoxy) is 1. The van der Waals surface area contributed by atoms with Crippen molar-refractivity contribution >= 4 is 34.1 Å². The summed E-state index contributed by atoms with van der Waals surface area (Å²) in [6.07, 6.45) is 3.14. The molecule has 2 N–H and O–H groups in total. The summed E-state index contributed by atoms with van der Waals surface area (Å²) in [5.41, 5.74) is 1.49. The Bertz CT molecular complexity index is 727. The molecule has 6 nitrogen and oxygen atoms in total. The third kappa shape index (κ3) is 2.17. The van der Waals surface area contributed by atoms with E-state index in [1.807, 2.05) is 6.07 Å². The number of nitrogens with one attached hydrogen (secondary N) is 2. The highest BCUT2D eigenvalue weighted by Gasteiger charge is 2.07. The number of aromatic nitrogens is 4. The summed E-state index contributed by atoms with van der Waals surface area (Å²) < 4.78 is 5.11. The van der Waals surface area contributed by atoms with Gasteiger partial charge in [-0.05, 0) is 18.2 Å². The monoisotopic (exact) mass is 275 g/mol. The maximum absolute atomic E-state index is 6.08. The van der Waals surface area contributed by atoms with Crippen molar-refractivity contribution in [3.05, 3.63) is 35.7 Å². The van der Waals surface area contributed by atoms with Crippen LogP contribution in [-0.2, 0) is 0 Å². The van der Waals surface area contributed by atoms with Crippen LogP contribution in [0.4, 0.5) is 11.5 Å². The van der Waals surface area contributed by atoms with Crippen molar-refractivity contribution in [1.29, 1.82) is 0 Å². The molecule has 0 atom stereocenters. The maximum Gasteiger partial charge on any atom is 0.160 e. The van der Waals surface area contributed by atoms with E-state index in [1.54, 1.807) is 25.4 Å². The number of methoxy groups -OCH3 is 1. The second-order valence-electron chi connectivity index (χ2n) is 3.83. The third-order valence-electron chi connectivity index (χ3n) is 2.66. The maximum atomic E-state index is 6.08. The molecule has 3 aromatic rings. The van der Waals surface area contributed by atoms with E-state index in [4.69, 9.17) is 16.3 Å². The lowest BCUT2D eigenvalue weighted by Crippen LogP contribution is -1.95. The smallest absolute Gasteiger partial charge is 0.160 e. The average Bonchev–Trinajstić information content (AvgIpc) is 2.88. The summed E-state index contributed by atoms with van der Waals surface area (Å²) in [6.45, 7) is 0. The lowest BCUT2D eigenvalue weighted by molar-refractivity contribution is 0.415. The molecular formula is C12H10ClN5O. The van der Waals surface area contributed by atoms with E-state index >= 15 is 0 Å². The molecule has 2 aromatic heterocycles. The van der Waals surface area contributed by atoms with Crippen molar-refractivity contribution in [3.63, 3.8) is 0 Å². The second-order valence-corrected chi connectivity index (χ2v) is 4.24. The summed E-state index contributed by atoms with van der Waals surface area (Å²) in [4.78, 5) is 8.26. The number of aromatic amines is 1. The molecule has 0 saturated heterocycles. The second kappa shape index (κ2) is 4.74. The van der Waals surface area contributed by atoms with Gasteiger partial charge in [-0.25, -0.2) is 9.97 Å². The lowest BCUT2D eigenvalue weighted by Gasteiger charge is -2.08. The molecule has 0 unspecified atom stereocenters. The van der Waals surface area contributed by atoms with E-state index in [0.717, 1.165) is 11.1 Å². The molecule has 0 spiro atoms. The number of rotatable bonds is 3. The van der Waals surface area contributed by atoms with Crippen LogP contribution in [0.1, 0.15) is 0 Å². The zero-order chi connectivity index (χ0) is 13.2. The molecule has 0 amide bonds. The number of nitrogens with zero attached hydrogens (tertiary/aromatic N) is 3. The van der Waals surface area contributed by atoms with Crippen molar-refractivity contribution in [2.75, 3.05) is 12.4 Å². The van der Waals surface area contributed by atoms with Gasteiger partial charge in [0.25, 0.3) is 0 Å². The van der Waals surface area contributed by atoms with Crippen LogP contribution in [-0.4, -0.2) is 27.3 Å². The fraction of sp³-hybridized carbons (Fsp3) is 0.0833. The first kappa shape index (κ1) is 11.7. The van der Waals surface area contributed by atoms with Gasteiger partial charge in [0.15, 0.2) is 5.65 Å². The summed E-state index contributed by atoms with van der Waals surface area (Å²) >= 11 is 6.08. The van der Waals surface area contributed by atoms with Gasteiger partial charge in [0, 0.05) is 5.69 Å². The first-order chi connectivity index (χ1) is 9.28. The highest BCUT2D eigenvalue weighted by atomic mass is 35.5. The minimum Gasteiger partial charge on any atom is -0.495 e. The molecule has 0 fully saturated rings. The van der Waals surface area contributed by atoms with E-state index in [1.165, 1.54) is 6.33 Å². The first-order valence-corrected chi connectivity index (χ1v) is 5.90. The third-order valence-corrected chi connectivity index (χ3v) is 2.96. The molecule has 3 rings (SSSR count). The van der Waals surface area contributed by atoms with Crippen LogP contribution >= 0.6 is 11.6 Å². The van der Waals surface area contributed by atoms with Crippen LogP contribution in [0.3, 0.4) is 0 Å². The zero-order valence-electron chi connectivity index (χ0n) is 10.0. The molecule has 96 valence electrons. The molecule has 0 bridgehead atoms. The van der Waals surface area contributed by atoms with E-state index in [9.17, 15) is 0 Å². The molecule has 2 heterocycles. The topological polar surface area (TPSA) is 75.7 Å². The molecule has 0 radical (unpaired) electrons. The highest BCUT2D eigenvalue weighted by molar-refractivity contribution is 6.32. The average molecular weight is 276 g/mol. The number of benzene rings is 1. The summed E-state index contributed by atoms with van der Waals surface area (Å²) in [7, 11) is 1.58. The van der Waals surface area contributed by atoms with Gasteiger partial charge in [0.1, 0.15) is 17.9 Å². The van der Waals surface area contributed by atoms with Gasteiger partial charge in [-0.15, -0.1) is 0 Å². The van der Waals surface area contributed by atoms with Crippen LogP contribution < -0.4 is 10.1 Å². The van der Waals surface area contributed by atoms with Crippen molar-refractivity contribution < 1.29 is 4.74 Å². The number of hydrogen-bond donors (Lipinski definition) is 2. The number of anilines is 2. The Morgan fingerprint density at radius 2 is 2.21 bits per heavy atom. The number of hydrogen-bond acceptors (Lipinski definition) is 5. The predicted octanol–water partition coefficient (Wildman–Crippen LogP) is 2.76. The van der Waals surface area contributed by atoms with E-state index in [0.29, 0.717) is 22.2 Å². The van der Waals surface area contributed by atoms with Crippen LogP contribution in [0.2, 0.25) is 5.02 Å². The molecule has 0 saturated carbocycles. The van der Waals surface area contributed by atoms with Gasteiger partial charge >= 0.3 is 0 Å². The largest absolute Gasteiger partial charge is 0.495 e. The summed E-state index contributed by atoms with van der Waals surface area (Å²) in [5, 5.41) is 11.2. The Balaban J connectivity index is 1.97. The SMILES string of the molecule is COc1ccc(Nc2ncnc3[nH]ncc23)cc1Cl. The Kier molecular flexibility index (Phi) is 2.92. The van der Waals surface area contributed by atoms with Crippen LogP contribution in [0.15, 0.2) is 30.7 Å². The zero-order valence-corrected chi connectivity index (χ0v) is 10.8. The van der Waals surface area contributed by atoms with E-state index in [2.05, 4.69) is 25.5 Å². The molecule has 7 heteroatoms. The van der Waals surface area contributed by atoms with Gasteiger partial charge in [-0.2, -0.15) is 5.10 Å². The van der Waals surface area contributed by atoms with Crippen LogP contribution in [0.25, 0.3) is 11.0 Å². The number of H-pyrrole nitrogens is 1. The Morgan fingerprint density at radius 3 is 3.00 bits per heavy atom. The van der Waals surface area contributed by atoms with Gasteiger partial charge in [0.2, 0.25) is 0 Å². The minimum atomic E-state index is 0.532. The van der Waals surface area contributed by atoms with Crippen LogP contribution in [0, 0.1) is 0 Å². The van der Waals surface area contributed by atoms with Gasteiger partial charge in [-0.3, -0.25) is 5.10 Å². The minimum absolute atomic E-state index is 0.532. The molecule has 1 aromatic carbocycles. The van der Waals surface area contributed by atoms with E-state index in [-0.39, 0.29) is 0 Å². The van der Waals surface area contributed by atoms with E-state index < -0.39 is 0 Å². The number of fused-ring (bicyclic) bond motifs is 1. The predicted molar refractivity (Wildman–Crippen MR) is 73.0 cm³/mol. The molecule has 0 aliphatic heterocycles. The van der Waals surface area contributed by atoms with Crippen molar-refractivity contribution in [1.82, 2.24) is 20.2 Å². The standard InChI is InChI=1S/C12H10ClN5O/c1-19-10-3-2-7(4-9(10)13)17-11-8-5-16-18-12(8)15-6-14-11/h2-6H,1H3,(H2,14,15,16,17,18). The Hall–Kier alpha value is -2.34. The van der Waals surface area contributed by atoms with Gasteiger partial charge < -0.3 is 10.1 Å². The fourth-order valence-corrected chi connectivity index (χ4v) is 2.00. The number of halogens is 1. The molecular weight excluding hydrogens is 266 g/mol. The van der Waals surface area contributed by atoms with Gasteiger partial charge in [-0.1, -0.05) is 11.6 Å². The highest BCUT2D eigenvalue weighted by Crippen LogP contribution is 2.29. The molecule has 0 aliphatic carbocycles. The quantitative estimate of drug-likeness (QED) is 0.769.